The van der Waals surface area contributed by atoms with Gasteiger partial charge in [-0.1, -0.05) is 11.6 Å². The Hall–Kier alpha value is -1.26. The van der Waals surface area contributed by atoms with Crippen molar-refractivity contribution in [2.24, 2.45) is 5.73 Å². The zero-order valence-electron chi connectivity index (χ0n) is 11.3. The Morgan fingerprint density at radius 3 is 2.65 bits per heavy atom. The molecule has 2 fully saturated rings. The fourth-order valence-corrected chi connectivity index (χ4v) is 2.70. The molecule has 3 rings (SSSR count). The summed E-state index contributed by atoms with van der Waals surface area (Å²) in [6.45, 7) is 0. The van der Waals surface area contributed by atoms with Crippen LogP contribution in [0.5, 0.6) is 5.75 Å². The molecule has 4 nitrogen and oxygen atoms in total. The molecule has 2 saturated carbocycles. The average Bonchev–Trinajstić information content (AvgIpc) is 2.97. The van der Waals surface area contributed by atoms with Crippen LogP contribution in [0.2, 0.25) is 5.02 Å². The molecule has 5 heteroatoms. The SMILES string of the molecule is NC1(C(=O)Nc2ccc(OC3CCCC3)c(Cl)c2)CC1. The molecule has 0 saturated heterocycles. The minimum absolute atomic E-state index is 0.141. The lowest BCUT2D eigenvalue weighted by Crippen LogP contribution is -2.37. The van der Waals surface area contributed by atoms with Gasteiger partial charge < -0.3 is 15.8 Å². The first-order chi connectivity index (χ1) is 9.57. The molecule has 108 valence electrons. The summed E-state index contributed by atoms with van der Waals surface area (Å²) < 4.78 is 5.88. The van der Waals surface area contributed by atoms with E-state index in [0.29, 0.717) is 16.5 Å². The van der Waals surface area contributed by atoms with Crippen molar-refractivity contribution in [3.8, 4) is 5.75 Å². The third-order valence-electron chi connectivity index (χ3n) is 4.03. The summed E-state index contributed by atoms with van der Waals surface area (Å²) in [7, 11) is 0. The molecule has 0 aliphatic heterocycles. The Morgan fingerprint density at radius 2 is 2.05 bits per heavy atom. The molecule has 0 spiro atoms. The van der Waals surface area contributed by atoms with E-state index in [1.165, 1.54) is 12.8 Å². The van der Waals surface area contributed by atoms with E-state index in [4.69, 9.17) is 22.1 Å². The summed E-state index contributed by atoms with van der Waals surface area (Å²) in [4.78, 5) is 11.9. The van der Waals surface area contributed by atoms with Gasteiger partial charge in [0.25, 0.3) is 0 Å². The number of rotatable bonds is 4. The highest BCUT2D eigenvalue weighted by atomic mass is 35.5. The van der Waals surface area contributed by atoms with Crippen molar-refractivity contribution in [2.75, 3.05) is 5.32 Å². The molecule has 0 unspecified atom stereocenters. The number of hydrogen-bond acceptors (Lipinski definition) is 3. The topological polar surface area (TPSA) is 64.4 Å². The average molecular weight is 295 g/mol. The highest BCUT2D eigenvalue weighted by Gasteiger charge is 2.45. The number of hydrogen-bond donors (Lipinski definition) is 2. The highest BCUT2D eigenvalue weighted by molar-refractivity contribution is 6.32. The molecule has 2 aliphatic carbocycles. The number of halogens is 1. The largest absolute Gasteiger partial charge is 0.489 e. The third kappa shape index (κ3) is 2.91. The molecular weight excluding hydrogens is 276 g/mol. The maximum absolute atomic E-state index is 11.9. The second-order valence-electron chi connectivity index (χ2n) is 5.78. The van der Waals surface area contributed by atoms with Crippen molar-refractivity contribution < 1.29 is 9.53 Å². The van der Waals surface area contributed by atoms with E-state index in [1.54, 1.807) is 12.1 Å². The number of nitrogens with one attached hydrogen (secondary N) is 1. The Labute approximate surface area is 123 Å². The first-order valence-corrected chi connectivity index (χ1v) is 7.51. The van der Waals surface area contributed by atoms with Gasteiger partial charge in [-0.25, -0.2) is 0 Å². The second kappa shape index (κ2) is 5.26. The zero-order valence-corrected chi connectivity index (χ0v) is 12.1. The van der Waals surface area contributed by atoms with E-state index in [0.717, 1.165) is 25.7 Å². The third-order valence-corrected chi connectivity index (χ3v) is 4.32. The number of benzene rings is 1. The van der Waals surface area contributed by atoms with E-state index in [1.807, 2.05) is 6.07 Å². The molecule has 0 atom stereocenters. The highest BCUT2D eigenvalue weighted by Crippen LogP contribution is 2.35. The molecule has 1 aromatic carbocycles. The Kier molecular flexibility index (Phi) is 3.61. The number of carbonyl (C=O) groups is 1. The van der Waals surface area contributed by atoms with Gasteiger partial charge in [0.15, 0.2) is 0 Å². The van der Waals surface area contributed by atoms with Gasteiger partial charge in [0.05, 0.1) is 16.7 Å². The van der Waals surface area contributed by atoms with Crippen LogP contribution in [0, 0.1) is 0 Å². The van der Waals surface area contributed by atoms with Crippen LogP contribution in [0.3, 0.4) is 0 Å². The number of ether oxygens (including phenoxy) is 1. The Morgan fingerprint density at radius 1 is 1.35 bits per heavy atom. The molecule has 1 amide bonds. The quantitative estimate of drug-likeness (QED) is 0.897. The summed E-state index contributed by atoms with van der Waals surface area (Å²) in [6.07, 6.45) is 6.37. The number of amides is 1. The van der Waals surface area contributed by atoms with Crippen molar-refractivity contribution in [3.63, 3.8) is 0 Å². The number of nitrogens with two attached hydrogens (primary N) is 1. The Balaban J connectivity index is 1.65. The van der Waals surface area contributed by atoms with Crippen molar-refractivity contribution in [1.82, 2.24) is 0 Å². The maximum Gasteiger partial charge on any atom is 0.244 e. The number of anilines is 1. The van der Waals surface area contributed by atoms with Crippen LogP contribution in [0.1, 0.15) is 38.5 Å². The van der Waals surface area contributed by atoms with Crippen molar-refractivity contribution in [3.05, 3.63) is 23.2 Å². The smallest absolute Gasteiger partial charge is 0.244 e. The Bertz CT molecular complexity index is 523. The van der Waals surface area contributed by atoms with Gasteiger partial charge in [-0.3, -0.25) is 4.79 Å². The molecule has 1 aromatic rings. The predicted molar refractivity (Wildman–Crippen MR) is 79.1 cm³/mol. The van der Waals surface area contributed by atoms with Crippen LogP contribution in [0.25, 0.3) is 0 Å². The zero-order chi connectivity index (χ0) is 14.2. The standard InChI is InChI=1S/C15H19ClN2O2/c16-12-9-10(18-14(19)15(17)7-8-15)5-6-13(12)20-11-3-1-2-4-11/h5-6,9,11H,1-4,7-8,17H2,(H,18,19). The van der Waals surface area contributed by atoms with E-state index < -0.39 is 5.54 Å². The molecule has 0 heterocycles. The van der Waals surface area contributed by atoms with E-state index >= 15 is 0 Å². The molecule has 0 aromatic heterocycles. The summed E-state index contributed by atoms with van der Waals surface area (Å²) in [5.74, 6) is 0.545. The van der Waals surface area contributed by atoms with Crippen LogP contribution >= 0.6 is 11.6 Å². The lowest BCUT2D eigenvalue weighted by atomic mass is 10.2. The monoisotopic (exact) mass is 294 g/mol. The molecule has 20 heavy (non-hydrogen) atoms. The lowest BCUT2D eigenvalue weighted by Gasteiger charge is -2.16. The van der Waals surface area contributed by atoms with Crippen molar-refractivity contribution in [1.29, 1.82) is 0 Å². The van der Waals surface area contributed by atoms with E-state index in [2.05, 4.69) is 5.32 Å². The van der Waals surface area contributed by atoms with Crippen LogP contribution < -0.4 is 15.8 Å². The van der Waals surface area contributed by atoms with Gasteiger partial charge >= 0.3 is 0 Å². The van der Waals surface area contributed by atoms with Crippen LogP contribution in [0.15, 0.2) is 18.2 Å². The van der Waals surface area contributed by atoms with Crippen LogP contribution in [-0.2, 0) is 4.79 Å². The summed E-state index contributed by atoms with van der Waals surface area (Å²) in [5, 5.41) is 3.33. The maximum atomic E-state index is 11.9. The molecular formula is C15H19ClN2O2. The first-order valence-electron chi connectivity index (χ1n) is 7.13. The number of carbonyl (C=O) groups excluding carboxylic acids is 1. The van der Waals surface area contributed by atoms with Crippen molar-refractivity contribution in [2.45, 2.75) is 50.2 Å². The second-order valence-corrected chi connectivity index (χ2v) is 6.19. The molecule has 2 aliphatic rings. The molecule has 0 radical (unpaired) electrons. The normalized spacial score (nSPS) is 20.7. The van der Waals surface area contributed by atoms with Gasteiger partial charge in [-0.05, 0) is 56.7 Å². The minimum atomic E-state index is -0.675. The van der Waals surface area contributed by atoms with Gasteiger partial charge in [-0.2, -0.15) is 0 Å². The first kappa shape index (κ1) is 13.7. The summed E-state index contributed by atoms with van der Waals surface area (Å²) >= 11 is 6.21. The summed E-state index contributed by atoms with van der Waals surface area (Å²) in [6, 6.07) is 5.33. The van der Waals surface area contributed by atoms with Crippen LogP contribution in [0.4, 0.5) is 5.69 Å². The predicted octanol–water partition coefficient (Wildman–Crippen LogP) is 3.09. The summed E-state index contributed by atoms with van der Waals surface area (Å²) in [5.41, 5.74) is 5.83. The lowest BCUT2D eigenvalue weighted by molar-refractivity contribution is -0.118. The van der Waals surface area contributed by atoms with Gasteiger partial charge in [0.1, 0.15) is 5.75 Å². The van der Waals surface area contributed by atoms with E-state index in [9.17, 15) is 4.79 Å². The van der Waals surface area contributed by atoms with Crippen molar-refractivity contribution >= 4 is 23.2 Å². The molecule has 0 bridgehead atoms. The van der Waals surface area contributed by atoms with Gasteiger partial charge in [-0.15, -0.1) is 0 Å². The minimum Gasteiger partial charge on any atom is -0.489 e. The van der Waals surface area contributed by atoms with Gasteiger partial charge in [0.2, 0.25) is 5.91 Å². The van der Waals surface area contributed by atoms with E-state index in [-0.39, 0.29) is 12.0 Å². The fraction of sp³-hybridized carbons (Fsp3) is 0.533. The molecule has 3 N–H and O–H groups in total. The van der Waals surface area contributed by atoms with Gasteiger partial charge in [0, 0.05) is 5.69 Å². The van der Waals surface area contributed by atoms with Crippen LogP contribution in [-0.4, -0.2) is 17.6 Å². The fourth-order valence-electron chi connectivity index (χ4n) is 2.48.